The lowest BCUT2D eigenvalue weighted by Crippen LogP contribution is -2.46. The lowest BCUT2D eigenvalue weighted by molar-refractivity contribution is 0.0951. The first-order valence-electron chi connectivity index (χ1n) is 9.09. The molecule has 0 radical (unpaired) electrons. The van der Waals surface area contributed by atoms with Crippen LogP contribution < -0.4 is 15.5 Å². The third-order valence-corrected chi connectivity index (χ3v) is 5.59. The van der Waals surface area contributed by atoms with E-state index < -0.39 is 0 Å². The summed E-state index contributed by atoms with van der Waals surface area (Å²) in [7, 11) is 0. The Morgan fingerprint density at radius 3 is 2.93 bits per heavy atom. The van der Waals surface area contributed by atoms with Crippen molar-refractivity contribution in [3.8, 4) is 0 Å². The fourth-order valence-corrected chi connectivity index (χ4v) is 3.93. The number of piperazine rings is 1. The molecule has 1 atom stereocenters. The van der Waals surface area contributed by atoms with E-state index in [-0.39, 0.29) is 11.9 Å². The Bertz CT molecular complexity index is 882. The third kappa shape index (κ3) is 4.35. The van der Waals surface area contributed by atoms with Crippen LogP contribution >= 0.6 is 11.3 Å². The van der Waals surface area contributed by atoms with E-state index in [4.69, 9.17) is 0 Å². The van der Waals surface area contributed by atoms with Gasteiger partial charge in [-0.25, -0.2) is 4.98 Å². The number of aromatic nitrogens is 1. The van der Waals surface area contributed by atoms with Crippen LogP contribution in [0.5, 0.6) is 0 Å². The number of amides is 1. The van der Waals surface area contributed by atoms with Crippen LogP contribution in [0.4, 0.5) is 5.82 Å². The standard InChI is InChI=1S/C21H22N4OS/c26-21(24-14-18-7-4-12-27-18)17-8-9-23-20(13-17)25-11-10-22-19(15-25)16-5-2-1-3-6-16/h1-9,12-13,19,22H,10-11,14-15H2,(H,24,26)/t19-/m0/s1. The van der Waals surface area contributed by atoms with Gasteiger partial charge in [0.05, 0.1) is 6.54 Å². The van der Waals surface area contributed by atoms with Crippen molar-refractivity contribution in [1.29, 1.82) is 0 Å². The maximum Gasteiger partial charge on any atom is 0.251 e. The molecule has 5 nitrogen and oxygen atoms in total. The minimum Gasteiger partial charge on any atom is -0.353 e. The number of pyridine rings is 1. The molecule has 3 heterocycles. The molecule has 1 amide bonds. The summed E-state index contributed by atoms with van der Waals surface area (Å²) in [5, 5.41) is 8.55. The highest BCUT2D eigenvalue weighted by Crippen LogP contribution is 2.21. The van der Waals surface area contributed by atoms with Gasteiger partial charge in [-0.1, -0.05) is 36.4 Å². The fraction of sp³-hybridized carbons (Fsp3) is 0.238. The number of carbonyl (C=O) groups is 1. The summed E-state index contributed by atoms with van der Waals surface area (Å²) in [6, 6.07) is 18.4. The summed E-state index contributed by atoms with van der Waals surface area (Å²) in [6.07, 6.45) is 1.72. The molecular formula is C21H22N4OS. The van der Waals surface area contributed by atoms with Crippen molar-refractivity contribution in [2.45, 2.75) is 12.6 Å². The second kappa shape index (κ2) is 8.33. The zero-order chi connectivity index (χ0) is 18.5. The Morgan fingerprint density at radius 2 is 2.11 bits per heavy atom. The van der Waals surface area contributed by atoms with Crippen LogP contribution in [0.2, 0.25) is 0 Å². The second-order valence-electron chi connectivity index (χ2n) is 6.53. The van der Waals surface area contributed by atoms with Crippen LogP contribution in [0.15, 0.2) is 66.2 Å². The van der Waals surface area contributed by atoms with E-state index >= 15 is 0 Å². The molecule has 0 saturated carbocycles. The SMILES string of the molecule is O=C(NCc1cccs1)c1ccnc(N2CCN[C@H](c3ccccc3)C2)c1. The van der Waals surface area contributed by atoms with Crippen molar-refractivity contribution in [2.24, 2.45) is 0 Å². The molecule has 138 valence electrons. The number of nitrogens with one attached hydrogen (secondary N) is 2. The van der Waals surface area contributed by atoms with E-state index in [1.54, 1.807) is 23.6 Å². The number of thiophene rings is 1. The Hall–Kier alpha value is -2.70. The van der Waals surface area contributed by atoms with Crippen molar-refractivity contribution >= 4 is 23.1 Å². The predicted molar refractivity (Wildman–Crippen MR) is 109 cm³/mol. The highest BCUT2D eigenvalue weighted by molar-refractivity contribution is 7.09. The highest BCUT2D eigenvalue weighted by atomic mass is 32.1. The van der Waals surface area contributed by atoms with E-state index in [1.807, 2.05) is 29.6 Å². The minimum absolute atomic E-state index is 0.0678. The largest absolute Gasteiger partial charge is 0.353 e. The maximum absolute atomic E-state index is 12.5. The predicted octanol–water partition coefficient (Wildman–Crippen LogP) is 3.22. The normalized spacial score (nSPS) is 16.9. The van der Waals surface area contributed by atoms with Crippen molar-refractivity contribution in [1.82, 2.24) is 15.6 Å². The number of hydrogen-bond donors (Lipinski definition) is 2. The van der Waals surface area contributed by atoms with Crippen LogP contribution in [0, 0.1) is 0 Å². The average molecular weight is 379 g/mol. The first-order valence-corrected chi connectivity index (χ1v) is 9.97. The van der Waals surface area contributed by atoms with Gasteiger partial charge in [0.1, 0.15) is 5.82 Å². The lowest BCUT2D eigenvalue weighted by atomic mass is 10.0. The summed E-state index contributed by atoms with van der Waals surface area (Å²) in [6.45, 7) is 3.14. The van der Waals surface area contributed by atoms with Crippen molar-refractivity contribution in [2.75, 3.05) is 24.5 Å². The molecule has 1 fully saturated rings. The number of rotatable bonds is 5. The van der Waals surface area contributed by atoms with Crippen molar-refractivity contribution < 1.29 is 4.79 Å². The average Bonchev–Trinajstić information content (AvgIpc) is 3.26. The van der Waals surface area contributed by atoms with E-state index in [2.05, 4.69) is 44.8 Å². The molecule has 1 aromatic carbocycles. The lowest BCUT2D eigenvalue weighted by Gasteiger charge is -2.34. The van der Waals surface area contributed by atoms with Crippen LogP contribution in [0.3, 0.4) is 0 Å². The molecule has 2 N–H and O–H groups in total. The number of hydrogen-bond acceptors (Lipinski definition) is 5. The van der Waals surface area contributed by atoms with E-state index in [0.29, 0.717) is 12.1 Å². The summed E-state index contributed by atoms with van der Waals surface area (Å²) < 4.78 is 0. The monoisotopic (exact) mass is 378 g/mol. The molecule has 0 aliphatic carbocycles. The molecular weight excluding hydrogens is 356 g/mol. The molecule has 1 saturated heterocycles. The van der Waals surface area contributed by atoms with Gasteiger partial charge in [-0.2, -0.15) is 0 Å². The molecule has 1 aliphatic heterocycles. The molecule has 27 heavy (non-hydrogen) atoms. The number of carbonyl (C=O) groups excluding carboxylic acids is 1. The van der Waals surface area contributed by atoms with Gasteiger partial charge >= 0.3 is 0 Å². The summed E-state index contributed by atoms with van der Waals surface area (Å²) in [5.41, 5.74) is 1.92. The van der Waals surface area contributed by atoms with E-state index in [1.165, 1.54) is 5.56 Å². The first-order chi connectivity index (χ1) is 13.3. The number of benzene rings is 1. The van der Waals surface area contributed by atoms with Gasteiger partial charge in [0.15, 0.2) is 0 Å². The third-order valence-electron chi connectivity index (χ3n) is 4.71. The highest BCUT2D eigenvalue weighted by Gasteiger charge is 2.22. The van der Waals surface area contributed by atoms with Crippen LogP contribution in [-0.2, 0) is 6.54 Å². The van der Waals surface area contributed by atoms with Crippen molar-refractivity contribution in [3.05, 3.63) is 82.2 Å². The zero-order valence-corrected chi connectivity index (χ0v) is 15.8. The van der Waals surface area contributed by atoms with E-state index in [0.717, 1.165) is 30.3 Å². The zero-order valence-electron chi connectivity index (χ0n) is 15.0. The molecule has 1 aliphatic rings. The van der Waals surface area contributed by atoms with Crippen LogP contribution in [-0.4, -0.2) is 30.5 Å². The van der Waals surface area contributed by atoms with Gasteiger partial charge in [0.25, 0.3) is 5.91 Å². The molecule has 2 aromatic heterocycles. The first kappa shape index (κ1) is 17.7. The molecule has 4 rings (SSSR count). The molecule has 0 spiro atoms. The summed E-state index contributed by atoms with van der Waals surface area (Å²) >= 11 is 1.64. The Labute approximate surface area is 163 Å². The molecule has 3 aromatic rings. The quantitative estimate of drug-likeness (QED) is 0.716. The molecule has 6 heteroatoms. The van der Waals surface area contributed by atoms with Crippen molar-refractivity contribution in [3.63, 3.8) is 0 Å². The Kier molecular flexibility index (Phi) is 5.46. The number of nitrogens with zero attached hydrogens (tertiary/aromatic N) is 2. The summed E-state index contributed by atoms with van der Waals surface area (Å²) in [5.74, 6) is 0.781. The van der Waals surface area contributed by atoms with Gasteiger partial charge in [-0.3, -0.25) is 4.79 Å². The molecule has 0 bridgehead atoms. The van der Waals surface area contributed by atoms with Crippen LogP contribution in [0.25, 0.3) is 0 Å². The topological polar surface area (TPSA) is 57.3 Å². The minimum atomic E-state index is -0.0678. The smallest absolute Gasteiger partial charge is 0.251 e. The van der Waals surface area contributed by atoms with Crippen LogP contribution in [0.1, 0.15) is 26.8 Å². The van der Waals surface area contributed by atoms with Gasteiger partial charge < -0.3 is 15.5 Å². The second-order valence-corrected chi connectivity index (χ2v) is 7.56. The van der Waals surface area contributed by atoms with Gasteiger partial charge in [0.2, 0.25) is 0 Å². The fourth-order valence-electron chi connectivity index (χ4n) is 3.28. The molecule has 0 unspecified atom stereocenters. The number of anilines is 1. The summed E-state index contributed by atoms with van der Waals surface area (Å²) in [4.78, 5) is 20.4. The van der Waals surface area contributed by atoms with Gasteiger partial charge in [-0.05, 0) is 29.1 Å². The van der Waals surface area contributed by atoms with E-state index in [9.17, 15) is 4.79 Å². The maximum atomic E-state index is 12.5. The van der Waals surface area contributed by atoms with Gasteiger partial charge in [-0.15, -0.1) is 11.3 Å². The Morgan fingerprint density at radius 1 is 1.22 bits per heavy atom. The Balaban J connectivity index is 1.44. The van der Waals surface area contributed by atoms with Gasteiger partial charge in [0, 0.05) is 42.3 Å².